The standard InChI is InChI=1S/C25H36N4O3S/c1-18(2)7-8-26-24(31)21-16-28(14-19(3)4)17-22(23(21)30)25(32)29-11-9-27(10-12-29)15-20-6-5-13-33-20/h5-6,13,16-19H,7-12,14-15H2,1-4H3,(H,26,31). The molecule has 1 aliphatic rings. The topological polar surface area (TPSA) is 74.7 Å². The number of carbonyl (C=O) groups is 2. The van der Waals surface area contributed by atoms with Crippen LogP contribution < -0.4 is 10.7 Å². The lowest BCUT2D eigenvalue weighted by molar-refractivity contribution is 0.0627. The van der Waals surface area contributed by atoms with Crippen LogP contribution in [-0.4, -0.2) is 58.9 Å². The molecule has 7 nitrogen and oxygen atoms in total. The first kappa shape index (κ1) is 25.2. The summed E-state index contributed by atoms with van der Waals surface area (Å²) in [5.41, 5.74) is -0.358. The molecule has 3 heterocycles. The van der Waals surface area contributed by atoms with E-state index in [-0.39, 0.29) is 17.0 Å². The Bertz CT molecular complexity index is 990. The number of thiophene rings is 1. The predicted octanol–water partition coefficient (Wildman–Crippen LogP) is 3.30. The average Bonchev–Trinajstić information content (AvgIpc) is 3.27. The van der Waals surface area contributed by atoms with Gasteiger partial charge in [0.25, 0.3) is 11.8 Å². The number of rotatable bonds is 9. The molecule has 1 saturated heterocycles. The molecule has 0 unspecified atom stereocenters. The van der Waals surface area contributed by atoms with Crippen LogP contribution in [0, 0.1) is 11.8 Å². The Hall–Kier alpha value is -2.45. The summed E-state index contributed by atoms with van der Waals surface area (Å²) in [6.07, 6.45) is 4.04. The molecule has 3 rings (SSSR count). The van der Waals surface area contributed by atoms with Crippen LogP contribution >= 0.6 is 11.3 Å². The normalized spacial score (nSPS) is 14.8. The summed E-state index contributed by atoms with van der Waals surface area (Å²) in [4.78, 5) is 44.6. The molecule has 2 amide bonds. The number of hydrogen-bond donors (Lipinski definition) is 1. The minimum Gasteiger partial charge on any atom is -0.352 e. The lowest BCUT2D eigenvalue weighted by atomic mass is 10.1. The third-order valence-electron chi connectivity index (χ3n) is 5.76. The van der Waals surface area contributed by atoms with Gasteiger partial charge in [-0.2, -0.15) is 0 Å². The second-order valence-electron chi connectivity index (χ2n) is 9.59. The van der Waals surface area contributed by atoms with Crippen molar-refractivity contribution in [2.24, 2.45) is 11.8 Å². The molecule has 0 bridgehead atoms. The quantitative estimate of drug-likeness (QED) is 0.608. The molecule has 0 aliphatic carbocycles. The Balaban J connectivity index is 1.75. The first-order chi connectivity index (χ1) is 15.7. The molecule has 180 valence electrons. The van der Waals surface area contributed by atoms with Gasteiger partial charge in [-0.3, -0.25) is 19.3 Å². The number of piperazine rings is 1. The Labute approximate surface area is 200 Å². The second-order valence-corrected chi connectivity index (χ2v) is 10.6. The minimum absolute atomic E-state index is 0.0431. The van der Waals surface area contributed by atoms with Crippen LogP contribution in [0.25, 0.3) is 0 Å². The number of aromatic nitrogens is 1. The SMILES string of the molecule is CC(C)CCNC(=O)c1cn(CC(C)C)cc(C(=O)N2CCN(Cc3cccs3)CC2)c1=O. The molecular weight excluding hydrogens is 436 g/mol. The molecule has 0 spiro atoms. The number of nitrogens with one attached hydrogen (secondary N) is 1. The van der Waals surface area contributed by atoms with E-state index in [2.05, 4.69) is 49.4 Å². The molecule has 33 heavy (non-hydrogen) atoms. The van der Waals surface area contributed by atoms with Gasteiger partial charge in [0.05, 0.1) is 0 Å². The van der Waals surface area contributed by atoms with Crippen LogP contribution in [0.4, 0.5) is 0 Å². The summed E-state index contributed by atoms with van der Waals surface area (Å²) in [7, 11) is 0. The maximum absolute atomic E-state index is 13.3. The Kier molecular flexibility index (Phi) is 8.86. The fourth-order valence-electron chi connectivity index (χ4n) is 3.94. The van der Waals surface area contributed by atoms with Crippen LogP contribution in [0.15, 0.2) is 34.7 Å². The van der Waals surface area contributed by atoms with Gasteiger partial charge in [0.1, 0.15) is 11.1 Å². The van der Waals surface area contributed by atoms with Crippen LogP contribution in [-0.2, 0) is 13.1 Å². The van der Waals surface area contributed by atoms with E-state index in [9.17, 15) is 14.4 Å². The number of amides is 2. The first-order valence-corrected chi connectivity index (χ1v) is 12.7. The predicted molar refractivity (Wildman–Crippen MR) is 133 cm³/mol. The van der Waals surface area contributed by atoms with E-state index in [0.717, 1.165) is 26.1 Å². The minimum atomic E-state index is -0.483. The highest BCUT2D eigenvalue weighted by atomic mass is 32.1. The highest BCUT2D eigenvalue weighted by molar-refractivity contribution is 7.09. The van der Waals surface area contributed by atoms with Crippen molar-refractivity contribution in [3.8, 4) is 0 Å². The summed E-state index contributed by atoms with van der Waals surface area (Å²) >= 11 is 1.74. The van der Waals surface area contributed by atoms with E-state index >= 15 is 0 Å². The average molecular weight is 473 g/mol. The first-order valence-electron chi connectivity index (χ1n) is 11.8. The summed E-state index contributed by atoms with van der Waals surface area (Å²) < 4.78 is 1.81. The van der Waals surface area contributed by atoms with E-state index in [1.54, 1.807) is 28.6 Å². The van der Waals surface area contributed by atoms with Crippen LogP contribution in [0.3, 0.4) is 0 Å². The molecule has 1 fully saturated rings. The maximum Gasteiger partial charge on any atom is 0.259 e. The second kappa shape index (κ2) is 11.6. The van der Waals surface area contributed by atoms with Gasteiger partial charge in [-0.15, -0.1) is 11.3 Å². The molecule has 2 aromatic heterocycles. The molecule has 2 aromatic rings. The number of nitrogens with zero attached hydrogens (tertiary/aromatic N) is 3. The highest BCUT2D eigenvalue weighted by Crippen LogP contribution is 2.15. The van der Waals surface area contributed by atoms with Gasteiger partial charge in [-0.25, -0.2) is 0 Å². The zero-order valence-corrected chi connectivity index (χ0v) is 21.0. The van der Waals surface area contributed by atoms with Crippen molar-refractivity contribution >= 4 is 23.2 Å². The van der Waals surface area contributed by atoms with Crippen molar-refractivity contribution < 1.29 is 9.59 Å². The van der Waals surface area contributed by atoms with Crippen molar-refractivity contribution in [2.45, 2.75) is 47.2 Å². The van der Waals surface area contributed by atoms with E-state index in [0.29, 0.717) is 38.0 Å². The van der Waals surface area contributed by atoms with Gasteiger partial charge in [-0.05, 0) is 29.7 Å². The van der Waals surface area contributed by atoms with E-state index in [1.165, 1.54) is 4.88 Å². The zero-order valence-electron chi connectivity index (χ0n) is 20.2. The monoisotopic (exact) mass is 472 g/mol. The van der Waals surface area contributed by atoms with Gasteiger partial charge in [0.15, 0.2) is 0 Å². The molecular formula is C25H36N4O3S. The van der Waals surface area contributed by atoms with Crippen LogP contribution in [0.1, 0.15) is 59.7 Å². The molecule has 0 radical (unpaired) electrons. The fraction of sp³-hybridized carbons (Fsp3) is 0.560. The number of hydrogen-bond acceptors (Lipinski definition) is 5. The van der Waals surface area contributed by atoms with Gasteiger partial charge in [0.2, 0.25) is 5.43 Å². The van der Waals surface area contributed by atoms with Crippen LogP contribution in [0.2, 0.25) is 0 Å². The van der Waals surface area contributed by atoms with Crippen LogP contribution in [0.5, 0.6) is 0 Å². The van der Waals surface area contributed by atoms with Gasteiger partial charge in [0, 0.05) is 63.1 Å². The molecule has 0 saturated carbocycles. The van der Waals surface area contributed by atoms with Crippen molar-refractivity contribution in [1.29, 1.82) is 0 Å². The van der Waals surface area contributed by atoms with E-state index in [4.69, 9.17) is 0 Å². The Morgan fingerprint density at radius 3 is 2.33 bits per heavy atom. The summed E-state index contributed by atoms with van der Waals surface area (Å²) in [5.74, 6) is 0.0704. The van der Waals surface area contributed by atoms with Crippen molar-refractivity contribution in [1.82, 2.24) is 19.7 Å². The van der Waals surface area contributed by atoms with Gasteiger partial charge < -0.3 is 14.8 Å². The third-order valence-corrected chi connectivity index (χ3v) is 6.62. The number of pyridine rings is 1. The highest BCUT2D eigenvalue weighted by Gasteiger charge is 2.26. The molecule has 1 aliphatic heterocycles. The largest absolute Gasteiger partial charge is 0.352 e. The number of carbonyl (C=O) groups excluding carboxylic acids is 2. The molecule has 0 atom stereocenters. The van der Waals surface area contributed by atoms with Gasteiger partial charge in [-0.1, -0.05) is 33.8 Å². The molecule has 8 heteroatoms. The zero-order chi connectivity index (χ0) is 24.0. The Morgan fingerprint density at radius 2 is 1.73 bits per heavy atom. The van der Waals surface area contributed by atoms with Crippen molar-refractivity contribution in [3.05, 3.63) is 56.1 Å². The third kappa shape index (κ3) is 7.01. The molecule has 1 N–H and O–H groups in total. The van der Waals surface area contributed by atoms with Crippen molar-refractivity contribution in [3.63, 3.8) is 0 Å². The lowest BCUT2D eigenvalue weighted by Gasteiger charge is -2.34. The molecule has 0 aromatic carbocycles. The lowest BCUT2D eigenvalue weighted by Crippen LogP contribution is -2.49. The van der Waals surface area contributed by atoms with Crippen molar-refractivity contribution in [2.75, 3.05) is 32.7 Å². The smallest absolute Gasteiger partial charge is 0.259 e. The maximum atomic E-state index is 13.3. The van der Waals surface area contributed by atoms with E-state index in [1.807, 2.05) is 10.6 Å². The Morgan fingerprint density at radius 1 is 1.03 bits per heavy atom. The fourth-order valence-corrected chi connectivity index (χ4v) is 4.69. The summed E-state index contributed by atoms with van der Waals surface area (Å²) in [6, 6.07) is 4.17. The summed E-state index contributed by atoms with van der Waals surface area (Å²) in [5, 5.41) is 4.91. The van der Waals surface area contributed by atoms with E-state index < -0.39 is 11.3 Å². The summed E-state index contributed by atoms with van der Waals surface area (Å²) in [6.45, 7) is 13.0. The van der Waals surface area contributed by atoms with Gasteiger partial charge >= 0.3 is 0 Å².